The molecular formula is C15H16ClN3O. The lowest BCUT2D eigenvalue weighted by Crippen LogP contribution is -2.33. The maximum absolute atomic E-state index is 8.89. The molecule has 1 aromatic carbocycles. The van der Waals surface area contributed by atoms with E-state index in [1.807, 2.05) is 12.1 Å². The van der Waals surface area contributed by atoms with Crippen molar-refractivity contribution in [2.45, 2.75) is 25.5 Å². The molecule has 1 aliphatic heterocycles. The maximum atomic E-state index is 8.89. The molecule has 0 aliphatic carbocycles. The number of hydrogen-bond acceptors (Lipinski definition) is 4. The molecule has 1 fully saturated rings. The number of hydrogen-bond donors (Lipinski definition) is 2. The van der Waals surface area contributed by atoms with Crippen molar-refractivity contribution in [1.82, 2.24) is 5.32 Å². The van der Waals surface area contributed by atoms with Gasteiger partial charge in [0.1, 0.15) is 12.3 Å². The summed E-state index contributed by atoms with van der Waals surface area (Å²) in [7, 11) is 0. The highest BCUT2D eigenvalue weighted by molar-refractivity contribution is 6.31. The van der Waals surface area contributed by atoms with Crippen LogP contribution >= 0.6 is 11.6 Å². The van der Waals surface area contributed by atoms with Crippen molar-refractivity contribution in [2.75, 3.05) is 6.61 Å². The normalized spacial score (nSPS) is 19.2. The third-order valence-electron chi connectivity index (χ3n) is 3.15. The number of allylic oxidation sites excluding steroid dienone is 1. The fourth-order valence-corrected chi connectivity index (χ4v) is 2.34. The summed E-state index contributed by atoms with van der Waals surface area (Å²) >= 11 is 6.05. The molecule has 1 aliphatic rings. The first-order chi connectivity index (χ1) is 9.74. The summed E-state index contributed by atoms with van der Waals surface area (Å²) in [5.41, 5.74) is 2.06. The van der Waals surface area contributed by atoms with Gasteiger partial charge in [0, 0.05) is 18.5 Å². The van der Waals surface area contributed by atoms with Gasteiger partial charge in [-0.15, -0.1) is 0 Å². The van der Waals surface area contributed by atoms with E-state index in [1.165, 1.54) is 6.21 Å². The van der Waals surface area contributed by atoms with E-state index < -0.39 is 0 Å². The minimum absolute atomic E-state index is 0.0376. The van der Waals surface area contributed by atoms with Crippen LogP contribution in [0.15, 0.2) is 24.3 Å². The molecule has 5 heteroatoms. The third-order valence-corrected chi connectivity index (χ3v) is 3.46. The molecule has 4 nitrogen and oxygen atoms in total. The van der Waals surface area contributed by atoms with E-state index >= 15 is 0 Å². The highest BCUT2D eigenvalue weighted by Crippen LogP contribution is 2.22. The van der Waals surface area contributed by atoms with Crippen LogP contribution in [0.5, 0.6) is 0 Å². The molecule has 0 amide bonds. The summed E-state index contributed by atoms with van der Waals surface area (Å²) in [5.74, 6) is 0. The second-order valence-corrected chi connectivity index (χ2v) is 4.96. The van der Waals surface area contributed by atoms with Gasteiger partial charge >= 0.3 is 0 Å². The highest BCUT2D eigenvalue weighted by atomic mass is 35.5. The Morgan fingerprint density at radius 1 is 1.50 bits per heavy atom. The van der Waals surface area contributed by atoms with Gasteiger partial charge in [-0.1, -0.05) is 17.7 Å². The largest absolute Gasteiger partial charge is 0.360 e. The zero-order valence-electron chi connectivity index (χ0n) is 11.0. The average molecular weight is 290 g/mol. The van der Waals surface area contributed by atoms with E-state index in [0.29, 0.717) is 10.6 Å². The van der Waals surface area contributed by atoms with Crippen LogP contribution in [0.1, 0.15) is 30.4 Å². The molecule has 104 valence electrons. The lowest BCUT2D eigenvalue weighted by molar-refractivity contribution is 0.00533. The topological polar surface area (TPSA) is 68.9 Å². The van der Waals surface area contributed by atoms with Crippen LogP contribution in [-0.4, -0.2) is 19.0 Å². The van der Waals surface area contributed by atoms with Crippen LogP contribution in [0.25, 0.3) is 5.70 Å². The van der Waals surface area contributed by atoms with Crippen molar-refractivity contribution in [3.8, 4) is 6.07 Å². The summed E-state index contributed by atoms with van der Waals surface area (Å²) < 4.78 is 5.64. The minimum atomic E-state index is -0.0376. The molecule has 2 rings (SSSR count). The van der Waals surface area contributed by atoms with Crippen molar-refractivity contribution in [2.24, 2.45) is 0 Å². The van der Waals surface area contributed by atoms with E-state index in [1.54, 1.807) is 18.2 Å². The van der Waals surface area contributed by atoms with Crippen molar-refractivity contribution in [1.29, 1.82) is 10.7 Å². The number of ether oxygens (including phenoxy) is 1. The maximum Gasteiger partial charge on any atom is 0.127 e. The predicted octanol–water partition coefficient (Wildman–Crippen LogP) is 3.32. The van der Waals surface area contributed by atoms with E-state index in [-0.39, 0.29) is 6.23 Å². The van der Waals surface area contributed by atoms with Gasteiger partial charge in [0.2, 0.25) is 0 Å². The van der Waals surface area contributed by atoms with Crippen molar-refractivity contribution in [3.63, 3.8) is 0 Å². The third kappa shape index (κ3) is 3.60. The molecule has 20 heavy (non-hydrogen) atoms. The second kappa shape index (κ2) is 7.09. The van der Waals surface area contributed by atoms with Gasteiger partial charge in [0.25, 0.3) is 0 Å². The molecule has 0 spiro atoms. The van der Waals surface area contributed by atoms with Gasteiger partial charge in [0.15, 0.2) is 0 Å². The Morgan fingerprint density at radius 2 is 2.35 bits per heavy atom. The predicted molar refractivity (Wildman–Crippen MR) is 79.7 cm³/mol. The summed E-state index contributed by atoms with van der Waals surface area (Å²) in [5, 5.41) is 19.8. The number of benzene rings is 1. The first kappa shape index (κ1) is 14.6. The standard InChI is InChI=1S/C15H16ClN3O/c16-13-9-11(4-5-12(13)10-18)14(6-7-17)19-15-3-1-2-8-20-15/h4-7,9,15,17,19H,1-3,8H2/b14-6-,17-7?. The first-order valence-electron chi connectivity index (χ1n) is 6.53. The van der Waals surface area contributed by atoms with Gasteiger partial charge in [-0.3, -0.25) is 0 Å². The monoisotopic (exact) mass is 289 g/mol. The molecule has 1 unspecified atom stereocenters. The van der Waals surface area contributed by atoms with Gasteiger partial charge in [-0.2, -0.15) is 5.26 Å². The molecule has 1 aromatic rings. The van der Waals surface area contributed by atoms with Gasteiger partial charge < -0.3 is 15.5 Å². The Morgan fingerprint density at radius 3 is 2.95 bits per heavy atom. The van der Waals surface area contributed by atoms with Crippen molar-refractivity contribution >= 4 is 23.5 Å². The summed E-state index contributed by atoms with van der Waals surface area (Å²) in [6.45, 7) is 0.754. The summed E-state index contributed by atoms with van der Waals surface area (Å²) in [4.78, 5) is 0. The molecule has 1 heterocycles. The second-order valence-electron chi connectivity index (χ2n) is 4.55. The van der Waals surface area contributed by atoms with Crippen LogP contribution in [-0.2, 0) is 4.74 Å². The van der Waals surface area contributed by atoms with E-state index in [2.05, 4.69) is 5.32 Å². The van der Waals surface area contributed by atoms with Crippen LogP contribution in [0.4, 0.5) is 0 Å². The quantitative estimate of drug-likeness (QED) is 0.836. The van der Waals surface area contributed by atoms with Gasteiger partial charge in [0.05, 0.1) is 10.6 Å². The first-order valence-corrected chi connectivity index (χ1v) is 6.91. The molecule has 2 N–H and O–H groups in total. The van der Waals surface area contributed by atoms with E-state index in [0.717, 1.165) is 37.1 Å². The zero-order chi connectivity index (χ0) is 14.4. The Balaban J connectivity index is 2.20. The Labute approximate surface area is 123 Å². The lowest BCUT2D eigenvalue weighted by atomic mass is 10.1. The van der Waals surface area contributed by atoms with E-state index in [4.69, 9.17) is 27.0 Å². The smallest absolute Gasteiger partial charge is 0.127 e. The lowest BCUT2D eigenvalue weighted by Gasteiger charge is -2.26. The average Bonchev–Trinajstić information content (AvgIpc) is 2.48. The Kier molecular flexibility index (Phi) is 5.16. The van der Waals surface area contributed by atoms with Gasteiger partial charge in [-0.25, -0.2) is 0 Å². The Bertz CT molecular complexity index is 557. The van der Waals surface area contributed by atoms with Crippen LogP contribution in [0.3, 0.4) is 0 Å². The summed E-state index contributed by atoms with van der Waals surface area (Å²) in [6, 6.07) is 7.26. The minimum Gasteiger partial charge on any atom is -0.360 e. The van der Waals surface area contributed by atoms with Crippen LogP contribution < -0.4 is 5.32 Å². The SMILES string of the molecule is N#Cc1ccc(/C(=C/C=N)NC2CCCCO2)cc1Cl. The molecular weight excluding hydrogens is 274 g/mol. The zero-order valence-corrected chi connectivity index (χ0v) is 11.8. The van der Waals surface area contributed by atoms with Crippen molar-refractivity contribution in [3.05, 3.63) is 40.4 Å². The fourth-order valence-electron chi connectivity index (χ4n) is 2.11. The molecule has 0 radical (unpaired) electrons. The number of nitrogens with zero attached hydrogens (tertiary/aromatic N) is 1. The number of halogens is 1. The molecule has 0 aromatic heterocycles. The Hall–Kier alpha value is -1.83. The highest BCUT2D eigenvalue weighted by Gasteiger charge is 2.15. The van der Waals surface area contributed by atoms with Crippen molar-refractivity contribution < 1.29 is 4.74 Å². The van der Waals surface area contributed by atoms with Crippen LogP contribution in [0.2, 0.25) is 5.02 Å². The van der Waals surface area contributed by atoms with E-state index in [9.17, 15) is 0 Å². The summed E-state index contributed by atoms with van der Waals surface area (Å²) in [6.07, 6.45) is 6.00. The van der Waals surface area contributed by atoms with Crippen LogP contribution in [0, 0.1) is 16.7 Å². The number of nitrogens with one attached hydrogen (secondary N) is 2. The molecule has 1 saturated heterocycles. The van der Waals surface area contributed by atoms with Gasteiger partial charge in [-0.05, 0) is 43.0 Å². The molecule has 0 saturated carbocycles. The number of rotatable bonds is 4. The number of nitriles is 1. The fraction of sp³-hybridized carbons (Fsp3) is 0.333. The molecule has 1 atom stereocenters. The molecule has 0 bridgehead atoms.